The molecule has 0 amide bonds. The summed E-state index contributed by atoms with van der Waals surface area (Å²) in [5.74, 6) is -1.33. The predicted molar refractivity (Wildman–Crippen MR) is 52.2 cm³/mol. The fourth-order valence-corrected chi connectivity index (χ4v) is 1.47. The third-order valence-corrected chi connectivity index (χ3v) is 2.09. The molecule has 0 aromatic heterocycles. The predicted octanol–water partition coefficient (Wildman–Crippen LogP) is -0.163. The number of aromatic hydroxyl groups is 2. The van der Waals surface area contributed by atoms with Crippen LogP contribution in [0.15, 0.2) is 18.2 Å². The third-order valence-electron chi connectivity index (χ3n) is 1.39. The van der Waals surface area contributed by atoms with Gasteiger partial charge in [0, 0.05) is 0 Å². The summed E-state index contributed by atoms with van der Waals surface area (Å²) in [6, 6.07) is 3.52. The van der Waals surface area contributed by atoms with Gasteiger partial charge in [0.1, 0.15) is 5.75 Å². The Labute approximate surface area is 103 Å². The fourth-order valence-electron chi connectivity index (χ4n) is 0.869. The molecule has 0 unspecified atom stereocenters. The Balaban J connectivity index is 0.00000169. The van der Waals surface area contributed by atoms with E-state index in [0.29, 0.717) is 0 Å². The Kier molecular flexibility index (Phi) is 4.90. The van der Waals surface area contributed by atoms with Gasteiger partial charge < -0.3 is 10.2 Å². The van der Waals surface area contributed by atoms with Crippen molar-refractivity contribution < 1.29 is 23.2 Å². The average Bonchev–Trinajstić information content (AvgIpc) is 1.94. The zero-order valence-corrected chi connectivity index (χ0v) is 7.32. The molecule has 0 bridgehead atoms. The van der Waals surface area contributed by atoms with E-state index in [0.717, 1.165) is 12.1 Å². The molecule has 0 saturated carbocycles. The van der Waals surface area contributed by atoms with Crippen LogP contribution in [0.3, 0.4) is 0 Å². The summed E-state index contributed by atoms with van der Waals surface area (Å²) in [4.78, 5) is 0. The van der Waals surface area contributed by atoms with E-state index < -0.39 is 21.6 Å². The van der Waals surface area contributed by atoms with Gasteiger partial charge in [-0.1, -0.05) is 6.07 Å². The van der Waals surface area contributed by atoms with Crippen LogP contribution in [-0.2, 0) is 15.9 Å². The van der Waals surface area contributed by atoms with Crippen LogP contribution >= 0.6 is 0 Å². The summed E-state index contributed by atoms with van der Waals surface area (Å²) >= 11 is 0. The van der Waals surface area contributed by atoms with Crippen molar-refractivity contribution in [3.05, 3.63) is 23.8 Å². The monoisotopic (exact) mass is 228 g/mol. The van der Waals surface area contributed by atoms with Gasteiger partial charge in [-0.05, 0) is 17.7 Å². The van der Waals surface area contributed by atoms with Gasteiger partial charge >= 0.3 is 29.6 Å². The van der Waals surface area contributed by atoms with E-state index >= 15 is 0 Å². The Bertz CT molecular complexity index is 414. The summed E-state index contributed by atoms with van der Waals surface area (Å²) in [7, 11) is -4.10. The molecule has 0 heterocycles. The molecule has 0 aliphatic carbocycles. The molecule has 1 aromatic rings. The van der Waals surface area contributed by atoms with E-state index in [2.05, 4.69) is 0 Å². The molecule has 14 heavy (non-hydrogen) atoms. The normalized spacial score (nSPS) is 10.6. The zero-order chi connectivity index (χ0) is 10.1. The SMILES string of the molecule is O=S(=O)(O)Cc1ccc(O)c(O)c1.[NaH]. The zero-order valence-electron chi connectivity index (χ0n) is 6.51. The molecule has 74 valence electrons. The Hall–Kier alpha value is -0.270. The number of hydrogen-bond acceptors (Lipinski definition) is 4. The maximum absolute atomic E-state index is 10.4. The topological polar surface area (TPSA) is 94.8 Å². The quantitative estimate of drug-likeness (QED) is 0.371. The van der Waals surface area contributed by atoms with E-state index in [4.69, 9.17) is 14.8 Å². The van der Waals surface area contributed by atoms with Gasteiger partial charge in [-0.25, -0.2) is 0 Å². The number of rotatable bonds is 2. The standard InChI is InChI=1S/C7H8O5S.Na.H/c8-6-2-1-5(3-7(6)9)4-13(10,11)12;;/h1-3,8-9H,4H2,(H,10,11,12);;. The van der Waals surface area contributed by atoms with Gasteiger partial charge in [0.25, 0.3) is 10.1 Å². The van der Waals surface area contributed by atoms with Gasteiger partial charge in [-0.15, -0.1) is 0 Å². The molecule has 0 radical (unpaired) electrons. The Morgan fingerprint density at radius 2 is 1.71 bits per heavy atom. The summed E-state index contributed by atoms with van der Waals surface area (Å²) < 4.78 is 29.3. The summed E-state index contributed by atoms with van der Waals surface area (Å²) in [5.41, 5.74) is 0.206. The van der Waals surface area contributed by atoms with Crippen LogP contribution in [0.5, 0.6) is 11.5 Å². The van der Waals surface area contributed by atoms with E-state index in [9.17, 15) is 8.42 Å². The second-order valence-electron chi connectivity index (χ2n) is 2.55. The van der Waals surface area contributed by atoms with Crippen LogP contribution in [0.4, 0.5) is 0 Å². The summed E-state index contributed by atoms with van der Waals surface area (Å²) in [6.45, 7) is 0. The second-order valence-corrected chi connectivity index (χ2v) is 4.00. The molecule has 1 aromatic carbocycles. The number of phenolic OH excluding ortho intramolecular Hbond substituents is 2. The van der Waals surface area contributed by atoms with Crippen LogP contribution in [0.2, 0.25) is 0 Å². The first-order valence-corrected chi connectivity index (χ1v) is 4.95. The molecule has 0 spiro atoms. The fraction of sp³-hybridized carbons (Fsp3) is 0.143. The maximum atomic E-state index is 10.4. The molecular formula is C7H9NaO5S. The van der Waals surface area contributed by atoms with Crippen molar-refractivity contribution in [2.24, 2.45) is 0 Å². The van der Waals surface area contributed by atoms with E-state index in [1.165, 1.54) is 6.07 Å². The minimum atomic E-state index is -4.10. The molecule has 7 heteroatoms. The van der Waals surface area contributed by atoms with E-state index in [1.54, 1.807) is 0 Å². The molecule has 1 rings (SSSR count). The summed E-state index contributed by atoms with van der Waals surface area (Å²) in [5, 5.41) is 17.9. The van der Waals surface area contributed by atoms with E-state index in [-0.39, 0.29) is 40.9 Å². The molecule has 0 saturated heterocycles. The minimum absolute atomic E-state index is 0. The summed E-state index contributed by atoms with van der Waals surface area (Å²) in [6.07, 6.45) is 0. The molecule has 3 N–H and O–H groups in total. The first-order chi connectivity index (χ1) is 5.88. The van der Waals surface area contributed by atoms with Crippen LogP contribution in [-0.4, -0.2) is 52.7 Å². The van der Waals surface area contributed by atoms with Crippen molar-refractivity contribution >= 4 is 39.7 Å². The van der Waals surface area contributed by atoms with Gasteiger partial charge in [0.15, 0.2) is 11.5 Å². The Morgan fingerprint density at radius 1 is 1.14 bits per heavy atom. The van der Waals surface area contributed by atoms with Crippen LogP contribution < -0.4 is 0 Å². The van der Waals surface area contributed by atoms with Gasteiger partial charge in [0.2, 0.25) is 0 Å². The van der Waals surface area contributed by atoms with Crippen LogP contribution in [0.25, 0.3) is 0 Å². The second kappa shape index (κ2) is 4.99. The van der Waals surface area contributed by atoms with Gasteiger partial charge in [0.05, 0.1) is 0 Å². The van der Waals surface area contributed by atoms with E-state index in [1.807, 2.05) is 0 Å². The molecule has 0 aliphatic rings. The van der Waals surface area contributed by atoms with Crippen molar-refractivity contribution in [1.82, 2.24) is 0 Å². The molecular weight excluding hydrogens is 219 g/mol. The Morgan fingerprint density at radius 3 is 2.14 bits per heavy atom. The number of hydrogen-bond donors (Lipinski definition) is 3. The van der Waals surface area contributed by atoms with Crippen LogP contribution in [0, 0.1) is 0 Å². The molecule has 0 fully saturated rings. The number of benzene rings is 1. The van der Waals surface area contributed by atoms with Crippen molar-refractivity contribution in [1.29, 1.82) is 0 Å². The van der Waals surface area contributed by atoms with Crippen molar-refractivity contribution in [3.8, 4) is 11.5 Å². The first-order valence-electron chi connectivity index (χ1n) is 3.34. The van der Waals surface area contributed by atoms with Gasteiger partial charge in [-0.3, -0.25) is 4.55 Å². The number of phenols is 2. The molecule has 0 atom stereocenters. The van der Waals surface area contributed by atoms with Crippen LogP contribution in [0.1, 0.15) is 5.56 Å². The molecule has 0 aliphatic heterocycles. The van der Waals surface area contributed by atoms with Crippen molar-refractivity contribution in [2.45, 2.75) is 5.75 Å². The van der Waals surface area contributed by atoms with Gasteiger partial charge in [-0.2, -0.15) is 8.42 Å². The average molecular weight is 228 g/mol. The molecule has 5 nitrogen and oxygen atoms in total. The van der Waals surface area contributed by atoms with Crippen molar-refractivity contribution in [3.63, 3.8) is 0 Å². The van der Waals surface area contributed by atoms with Crippen molar-refractivity contribution in [2.75, 3.05) is 0 Å². The first kappa shape index (κ1) is 13.7. The third kappa shape index (κ3) is 4.30.